The van der Waals surface area contributed by atoms with Gasteiger partial charge in [-0.2, -0.15) is 0 Å². The van der Waals surface area contributed by atoms with Crippen LogP contribution in [0, 0.1) is 0 Å². The van der Waals surface area contributed by atoms with Crippen molar-refractivity contribution in [3.63, 3.8) is 0 Å². The second-order valence-electron chi connectivity index (χ2n) is 3.91. The summed E-state index contributed by atoms with van der Waals surface area (Å²) in [4.78, 5) is 12.0. The van der Waals surface area contributed by atoms with Gasteiger partial charge in [-0.25, -0.2) is 0 Å². The first-order valence-electron chi connectivity index (χ1n) is 4.81. The lowest BCUT2D eigenvalue weighted by atomic mass is 10.1. The Balaban J connectivity index is 2.90. The molecule has 0 atom stereocenters. The Kier molecular flexibility index (Phi) is 5.58. The van der Waals surface area contributed by atoms with E-state index in [1.54, 1.807) is 25.1 Å². The Morgan fingerprint density at radius 2 is 2.00 bits per heavy atom. The van der Waals surface area contributed by atoms with E-state index in [9.17, 15) is 4.79 Å². The van der Waals surface area contributed by atoms with Gasteiger partial charge in [-0.05, 0) is 41.1 Å². The molecule has 0 radical (unpaired) electrons. The number of hydrogen-bond donors (Lipinski definition) is 1. The highest BCUT2D eigenvalue weighted by molar-refractivity contribution is 9.10. The number of carbonyl (C=O) groups excluding carboxylic acids is 1. The summed E-state index contributed by atoms with van der Waals surface area (Å²) in [7, 11) is 0. The zero-order valence-electron chi connectivity index (χ0n) is 9.07. The van der Waals surface area contributed by atoms with Crippen molar-refractivity contribution in [1.82, 2.24) is 5.32 Å². The Labute approximate surface area is 124 Å². The largest absolute Gasteiger partial charge is 0.344 e. The van der Waals surface area contributed by atoms with Crippen LogP contribution in [0.1, 0.15) is 17.3 Å². The van der Waals surface area contributed by atoms with Crippen molar-refractivity contribution in [3.8, 4) is 0 Å². The number of nitrogens with one attached hydrogen (secondary N) is 1. The number of benzene rings is 1. The maximum absolute atomic E-state index is 12.0. The summed E-state index contributed by atoms with van der Waals surface area (Å²) in [6.07, 6.45) is 0. The molecule has 1 N–H and O–H groups in total. The minimum absolute atomic E-state index is 0.239. The normalized spacial score (nSPS) is 11.4. The van der Waals surface area contributed by atoms with E-state index in [4.69, 9.17) is 34.8 Å². The molecule has 0 aromatic heterocycles. The van der Waals surface area contributed by atoms with E-state index in [1.807, 2.05) is 0 Å². The van der Waals surface area contributed by atoms with Crippen LogP contribution in [0.3, 0.4) is 0 Å². The molecule has 1 amide bonds. The number of rotatable bonds is 4. The van der Waals surface area contributed by atoms with Crippen LogP contribution in [0.5, 0.6) is 0 Å². The molecule has 0 bridgehead atoms. The van der Waals surface area contributed by atoms with Crippen LogP contribution >= 0.6 is 50.7 Å². The van der Waals surface area contributed by atoms with Gasteiger partial charge in [0.05, 0.1) is 11.1 Å². The molecule has 1 aromatic carbocycles. The van der Waals surface area contributed by atoms with Gasteiger partial charge < -0.3 is 5.32 Å². The minimum Gasteiger partial charge on any atom is -0.344 e. The zero-order valence-corrected chi connectivity index (χ0v) is 12.9. The molecule has 6 heteroatoms. The molecule has 1 rings (SSSR count). The highest BCUT2D eigenvalue weighted by atomic mass is 79.9. The number of alkyl halides is 2. The van der Waals surface area contributed by atoms with Gasteiger partial charge in [0, 0.05) is 21.3 Å². The molecule has 1 aromatic rings. The molecule has 0 aliphatic carbocycles. The van der Waals surface area contributed by atoms with Crippen LogP contribution in [-0.4, -0.2) is 23.2 Å². The lowest BCUT2D eigenvalue weighted by Crippen LogP contribution is -2.49. The van der Waals surface area contributed by atoms with E-state index in [0.29, 0.717) is 15.1 Å². The zero-order chi connectivity index (χ0) is 13.1. The van der Waals surface area contributed by atoms with Crippen molar-refractivity contribution >= 4 is 56.6 Å². The fourth-order valence-corrected chi connectivity index (χ4v) is 2.40. The van der Waals surface area contributed by atoms with Gasteiger partial charge in [0.1, 0.15) is 0 Å². The summed E-state index contributed by atoms with van der Waals surface area (Å²) in [5, 5.41) is 3.35. The van der Waals surface area contributed by atoms with Gasteiger partial charge in [0.25, 0.3) is 5.91 Å². The number of carbonyl (C=O) groups is 1. The van der Waals surface area contributed by atoms with E-state index in [-0.39, 0.29) is 17.7 Å². The van der Waals surface area contributed by atoms with E-state index in [2.05, 4.69) is 21.2 Å². The Bertz CT molecular complexity index is 421. The second kappa shape index (κ2) is 6.28. The first-order valence-corrected chi connectivity index (χ1v) is 7.05. The van der Waals surface area contributed by atoms with Crippen LogP contribution in [-0.2, 0) is 0 Å². The van der Waals surface area contributed by atoms with Crippen LogP contribution < -0.4 is 5.32 Å². The van der Waals surface area contributed by atoms with Gasteiger partial charge in [-0.3, -0.25) is 4.79 Å². The van der Waals surface area contributed by atoms with Crippen LogP contribution in [0.25, 0.3) is 0 Å². The van der Waals surface area contributed by atoms with Gasteiger partial charge in [-0.1, -0.05) is 11.6 Å². The van der Waals surface area contributed by atoms with E-state index < -0.39 is 5.54 Å². The molecule has 0 heterocycles. The fourth-order valence-electron chi connectivity index (χ4n) is 1.12. The van der Waals surface area contributed by atoms with Crippen molar-refractivity contribution in [3.05, 3.63) is 33.3 Å². The average Bonchev–Trinajstić information content (AvgIpc) is 2.28. The lowest BCUT2D eigenvalue weighted by Gasteiger charge is -2.26. The summed E-state index contributed by atoms with van der Waals surface area (Å²) in [5.74, 6) is 0.248. The Hall–Kier alpha value is 0.0400. The summed E-state index contributed by atoms with van der Waals surface area (Å²) >= 11 is 20.6. The third-order valence-electron chi connectivity index (χ3n) is 2.18. The Morgan fingerprint density at radius 3 is 2.47 bits per heavy atom. The van der Waals surface area contributed by atoms with Crippen LogP contribution in [0.2, 0.25) is 5.02 Å². The molecule has 0 aliphatic rings. The molecular weight excluding hydrogens is 348 g/mol. The quantitative estimate of drug-likeness (QED) is 0.807. The van der Waals surface area contributed by atoms with Crippen molar-refractivity contribution in [2.75, 3.05) is 11.8 Å². The third kappa shape index (κ3) is 4.02. The fraction of sp³-hybridized carbons (Fsp3) is 0.364. The molecule has 17 heavy (non-hydrogen) atoms. The minimum atomic E-state index is -0.626. The van der Waals surface area contributed by atoms with Crippen molar-refractivity contribution in [1.29, 1.82) is 0 Å². The van der Waals surface area contributed by atoms with Crippen LogP contribution in [0.4, 0.5) is 0 Å². The number of halogens is 4. The molecule has 0 saturated heterocycles. The topological polar surface area (TPSA) is 29.1 Å². The lowest BCUT2D eigenvalue weighted by molar-refractivity contribution is 0.0920. The smallest absolute Gasteiger partial charge is 0.252 e. The van der Waals surface area contributed by atoms with Crippen molar-refractivity contribution < 1.29 is 4.79 Å². The maximum atomic E-state index is 12.0. The standard InChI is InChI=1S/C11H11BrCl3NO/c1-11(5-13,6-14)16-10(17)8-3-2-7(15)4-9(8)12/h2-4H,5-6H2,1H3,(H,16,17). The number of hydrogen-bond acceptors (Lipinski definition) is 1. The molecular formula is C11H11BrCl3NO. The maximum Gasteiger partial charge on any atom is 0.252 e. The average molecular weight is 359 g/mol. The first kappa shape index (κ1) is 15.1. The molecule has 0 unspecified atom stereocenters. The Morgan fingerprint density at radius 1 is 1.41 bits per heavy atom. The summed E-state index contributed by atoms with van der Waals surface area (Å²) < 4.78 is 0.633. The van der Waals surface area contributed by atoms with Gasteiger partial charge in [-0.15, -0.1) is 23.2 Å². The predicted molar refractivity (Wildman–Crippen MR) is 76.5 cm³/mol. The molecule has 0 spiro atoms. The summed E-state index contributed by atoms with van der Waals surface area (Å²) in [6, 6.07) is 4.96. The highest BCUT2D eigenvalue weighted by Gasteiger charge is 2.25. The number of amides is 1. The van der Waals surface area contributed by atoms with Gasteiger partial charge in [0.15, 0.2) is 0 Å². The monoisotopic (exact) mass is 357 g/mol. The molecule has 0 aliphatic heterocycles. The van der Waals surface area contributed by atoms with Gasteiger partial charge in [0.2, 0.25) is 0 Å². The first-order chi connectivity index (χ1) is 7.91. The summed E-state index contributed by atoms with van der Waals surface area (Å²) in [6.45, 7) is 1.79. The summed E-state index contributed by atoms with van der Waals surface area (Å²) in [5.41, 5.74) is -0.130. The van der Waals surface area contributed by atoms with E-state index >= 15 is 0 Å². The molecule has 0 fully saturated rings. The molecule has 2 nitrogen and oxygen atoms in total. The van der Waals surface area contributed by atoms with E-state index in [1.165, 1.54) is 0 Å². The SMILES string of the molecule is CC(CCl)(CCl)NC(=O)c1ccc(Cl)cc1Br. The molecule has 94 valence electrons. The van der Waals surface area contributed by atoms with Crippen molar-refractivity contribution in [2.24, 2.45) is 0 Å². The van der Waals surface area contributed by atoms with E-state index in [0.717, 1.165) is 0 Å². The van der Waals surface area contributed by atoms with Crippen LogP contribution in [0.15, 0.2) is 22.7 Å². The molecule has 0 saturated carbocycles. The van der Waals surface area contributed by atoms with Crippen molar-refractivity contribution in [2.45, 2.75) is 12.5 Å². The predicted octanol–water partition coefficient (Wildman–Crippen LogP) is 4.07. The second-order valence-corrected chi connectivity index (χ2v) is 5.73. The third-order valence-corrected chi connectivity index (χ3v) is 4.25. The highest BCUT2D eigenvalue weighted by Crippen LogP contribution is 2.22. The van der Waals surface area contributed by atoms with Gasteiger partial charge >= 0.3 is 0 Å².